The fourth-order valence-corrected chi connectivity index (χ4v) is 0.418. The zero-order valence-corrected chi connectivity index (χ0v) is 15.8. The zero-order chi connectivity index (χ0) is 13.1. The van der Waals surface area contributed by atoms with Crippen LogP contribution < -0.4 is 91.2 Å². The van der Waals surface area contributed by atoms with Crippen molar-refractivity contribution in [3.8, 4) is 0 Å². The van der Waals surface area contributed by atoms with Crippen LogP contribution in [0.2, 0.25) is 0 Å². The van der Waals surface area contributed by atoms with E-state index in [2.05, 4.69) is 0 Å². The Kier molecular flexibility index (Phi) is 34.7. The Hall–Kier alpha value is 0.476. The smallest absolute Gasteiger partial charge is 0.550 e. The molecule has 0 radical (unpaired) electrons. The van der Waals surface area contributed by atoms with Crippen molar-refractivity contribution in [3.63, 3.8) is 0 Å². The van der Waals surface area contributed by atoms with Gasteiger partial charge >= 0.3 is 92.9 Å². The van der Waals surface area contributed by atoms with Crippen LogP contribution in [0.4, 0.5) is 0 Å². The van der Waals surface area contributed by atoms with E-state index in [1.54, 1.807) is 0 Å². The topological polar surface area (TPSA) is 186 Å². The molecule has 19 heavy (non-hydrogen) atoms. The van der Waals surface area contributed by atoms with Gasteiger partial charge in [-0.25, -0.2) is 0 Å². The van der Waals surface area contributed by atoms with Gasteiger partial charge in [0.05, 0.1) is 12.8 Å². The standard InChI is InChI=1S/2C4H6O4.K.Na.H2O/c2*5-3(6)1-2-4(7)8;;;/h2*1-2H2,(H,5,6)(H,7,8);;;1H2/q;;2*+1;/p-2. The number of hydrogen-bond acceptors (Lipinski definition) is 6. The quantitative estimate of drug-likeness (QED) is 0.452. The average Bonchev–Trinajstić information content (AvgIpc) is 2.12. The normalized spacial score (nSPS) is 7.16. The molecule has 0 aliphatic heterocycles. The molecule has 0 aromatic heterocycles. The first-order chi connectivity index (χ1) is 7.25. The van der Waals surface area contributed by atoms with Gasteiger partial charge in [-0.3, -0.25) is 9.59 Å². The maximum Gasteiger partial charge on any atom is 1.00 e. The molecule has 0 fully saturated rings. The Morgan fingerprint density at radius 1 is 0.737 bits per heavy atom. The van der Waals surface area contributed by atoms with E-state index in [-0.39, 0.29) is 99.3 Å². The summed E-state index contributed by atoms with van der Waals surface area (Å²) >= 11 is 0. The van der Waals surface area contributed by atoms with Crippen molar-refractivity contribution < 1.29 is 126 Å². The summed E-state index contributed by atoms with van der Waals surface area (Å²) in [5.74, 6) is -4.89. The number of rotatable bonds is 6. The molecular weight excluding hydrogens is 302 g/mol. The predicted octanol–water partition coefficient (Wildman–Crippen LogP) is -9.61. The Morgan fingerprint density at radius 2 is 0.947 bits per heavy atom. The number of aliphatic carboxylic acids is 4. The Labute approximate surface area is 173 Å². The molecule has 0 bridgehead atoms. The van der Waals surface area contributed by atoms with E-state index in [9.17, 15) is 29.4 Å². The minimum Gasteiger partial charge on any atom is -0.550 e. The van der Waals surface area contributed by atoms with Crippen LogP contribution in [-0.2, 0) is 19.2 Å². The van der Waals surface area contributed by atoms with Gasteiger partial charge in [0.25, 0.3) is 0 Å². The molecule has 0 aromatic rings. The Morgan fingerprint density at radius 3 is 1.05 bits per heavy atom. The average molecular weight is 314 g/mol. The van der Waals surface area contributed by atoms with Crippen molar-refractivity contribution >= 4 is 23.9 Å². The maximum atomic E-state index is 9.64. The molecule has 4 N–H and O–H groups in total. The molecule has 9 nitrogen and oxygen atoms in total. The number of carboxylic acid groups (broad SMARTS) is 4. The molecule has 0 atom stereocenters. The molecule has 100 valence electrons. The molecule has 0 unspecified atom stereocenters. The first kappa shape index (κ1) is 31.7. The van der Waals surface area contributed by atoms with E-state index in [0.717, 1.165) is 0 Å². The molecule has 0 amide bonds. The van der Waals surface area contributed by atoms with Gasteiger partial charge in [-0.2, -0.15) is 0 Å². The monoisotopic (exact) mass is 314 g/mol. The van der Waals surface area contributed by atoms with Crippen LogP contribution in [-0.4, -0.2) is 39.6 Å². The molecule has 0 aliphatic rings. The van der Waals surface area contributed by atoms with Gasteiger partial charge < -0.3 is 35.5 Å². The summed E-state index contributed by atoms with van der Waals surface area (Å²) in [6.45, 7) is 0. The fourth-order valence-electron chi connectivity index (χ4n) is 0.418. The summed E-state index contributed by atoms with van der Waals surface area (Å²) in [5.41, 5.74) is 0. The van der Waals surface area contributed by atoms with Crippen LogP contribution in [0.1, 0.15) is 25.7 Å². The van der Waals surface area contributed by atoms with Crippen LogP contribution in [0.5, 0.6) is 0 Å². The Bertz CT molecular complexity index is 225. The number of carbonyl (C=O) groups is 4. The second kappa shape index (κ2) is 20.8. The van der Waals surface area contributed by atoms with Crippen molar-refractivity contribution in [2.24, 2.45) is 0 Å². The summed E-state index contributed by atoms with van der Waals surface area (Å²) in [4.78, 5) is 38.3. The summed E-state index contributed by atoms with van der Waals surface area (Å²) < 4.78 is 0. The minimum atomic E-state index is -1.37. The van der Waals surface area contributed by atoms with Gasteiger partial charge in [0.2, 0.25) is 0 Å². The van der Waals surface area contributed by atoms with Gasteiger partial charge in [0, 0.05) is 11.9 Å². The van der Waals surface area contributed by atoms with Crippen molar-refractivity contribution in [3.05, 3.63) is 0 Å². The van der Waals surface area contributed by atoms with E-state index in [1.165, 1.54) is 0 Å². The molecule has 0 aliphatic carbocycles. The van der Waals surface area contributed by atoms with Crippen LogP contribution >= 0.6 is 0 Å². The van der Waals surface area contributed by atoms with Crippen molar-refractivity contribution in [2.45, 2.75) is 25.7 Å². The van der Waals surface area contributed by atoms with Crippen LogP contribution in [0.25, 0.3) is 0 Å². The fraction of sp³-hybridized carbons (Fsp3) is 0.500. The summed E-state index contributed by atoms with van der Waals surface area (Å²) in [6, 6.07) is 0. The SMILES string of the molecule is O.O=C(O)CCC(=O)O.O=C([O-])CCC(=O)[O-].[K+].[Na+]. The third-order valence-corrected chi connectivity index (χ3v) is 1.09. The summed E-state index contributed by atoms with van der Waals surface area (Å²) in [6.07, 6.45) is -1.53. The van der Waals surface area contributed by atoms with Crippen molar-refractivity contribution in [2.75, 3.05) is 0 Å². The molecule has 0 rings (SSSR count). The van der Waals surface area contributed by atoms with E-state index < -0.39 is 36.7 Å². The van der Waals surface area contributed by atoms with Gasteiger partial charge in [0.15, 0.2) is 0 Å². The van der Waals surface area contributed by atoms with E-state index >= 15 is 0 Å². The van der Waals surface area contributed by atoms with Crippen molar-refractivity contribution in [1.29, 1.82) is 0 Å². The van der Waals surface area contributed by atoms with Crippen molar-refractivity contribution in [1.82, 2.24) is 0 Å². The number of carboxylic acids is 4. The third-order valence-electron chi connectivity index (χ3n) is 1.09. The molecule has 0 spiro atoms. The second-order valence-corrected chi connectivity index (χ2v) is 2.53. The Balaban J connectivity index is -0.0000000594. The van der Waals surface area contributed by atoms with Gasteiger partial charge in [-0.05, 0) is 12.8 Å². The minimum absolute atomic E-state index is 0. The first-order valence-electron chi connectivity index (χ1n) is 4.09. The third kappa shape index (κ3) is 45.7. The van der Waals surface area contributed by atoms with Crippen LogP contribution in [0, 0.1) is 0 Å². The van der Waals surface area contributed by atoms with Crippen LogP contribution in [0.3, 0.4) is 0 Å². The molecule has 0 saturated heterocycles. The molecule has 0 aromatic carbocycles. The maximum absolute atomic E-state index is 9.64. The first-order valence-corrected chi connectivity index (χ1v) is 4.09. The molecule has 0 heterocycles. The summed E-state index contributed by atoms with van der Waals surface area (Å²) in [5, 5.41) is 34.8. The zero-order valence-electron chi connectivity index (χ0n) is 10.7. The number of carbonyl (C=O) groups excluding carboxylic acids is 2. The van der Waals surface area contributed by atoms with E-state index in [0.29, 0.717) is 0 Å². The summed E-state index contributed by atoms with van der Waals surface area (Å²) in [7, 11) is 0. The van der Waals surface area contributed by atoms with Gasteiger partial charge in [-0.15, -0.1) is 0 Å². The second-order valence-electron chi connectivity index (χ2n) is 2.53. The van der Waals surface area contributed by atoms with E-state index in [4.69, 9.17) is 10.2 Å². The van der Waals surface area contributed by atoms with Gasteiger partial charge in [0.1, 0.15) is 0 Å². The molecular formula is C8H12KNaO9. The number of hydrogen-bond donors (Lipinski definition) is 2. The van der Waals surface area contributed by atoms with Gasteiger partial charge in [-0.1, -0.05) is 0 Å². The van der Waals surface area contributed by atoms with Crippen LogP contribution in [0.15, 0.2) is 0 Å². The largest absolute Gasteiger partial charge is 1.00 e. The predicted molar refractivity (Wildman–Crippen MR) is 47.4 cm³/mol. The molecule has 11 heteroatoms. The molecule has 0 saturated carbocycles. The van der Waals surface area contributed by atoms with E-state index in [1.807, 2.05) is 0 Å².